The number of rotatable bonds is 3. The Bertz CT molecular complexity index is 1050. The first-order valence-corrected chi connectivity index (χ1v) is 10.8. The molecule has 0 atom stereocenters. The van der Waals surface area contributed by atoms with Crippen LogP contribution in [0.4, 0.5) is 8.78 Å². The van der Waals surface area contributed by atoms with Crippen LogP contribution < -0.4 is 0 Å². The lowest BCUT2D eigenvalue weighted by Gasteiger charge is -2.09. The normalized spacial score (nSPS) is 11.7. The van der Waals surface area contributed by atoms with E-state index < -0.39 is 26.4 Å². The third-order valence-corrected chi connectivity index (χ3v) is 6.58. The van der Waals surface area contributed by atoms with Gasteiger partial charge in [-0.3, -0.25) is 0 Å². The van der Waals surface area contributed by atoms with E-state index in [1.54, 1.807) is 5.38 Å². The zero-order chi connectivity index (χ0) is 18.4. The van der Waals surface area contributed by atoms with E-state index in [2.05, 4.69) is 15.9 Å². The zero-order valence-electron chi connectivity index (χ0n) is 13.3. The average molecular weight is 443 g/mol. The van der Waals surface area contributed by atoms with Gasteiger partial charge in [-0.05, 0) is 52.6 Å². The fourth-order valence-corrected chi connectivity index (χ4v) is 4.57. The van der Waals surface area contributed by atoms with Crippen LogP contribution in [0.1, 0.15) is 5.56 Å². The first kappa shape index (κ1) is 18.2. The molecule has 1 heterocycles. The minimum Gasteiger partial charge on any atom is -0.224 e. The zero-order valence-corrected chi connectivity index (χ0v) is 16.5. The SMILES string of the molecule is Cc1cc(-c2cscc2-c2cc(F)c(S(C)(=O)=O)c(F)c2)ccc1Br. The van der Waals surface area contributed by atoms with Crippen LogP contribution >= 0.6 is 27.3 Å². The minimum absolute atomic E-state index is 0.305. The second-order valence-electron chi connectivity index (χ2n) is 5.70. The molecule has 0 saturated heterocycles. The van der Waals surface area contributed by atoms with Gasteiger partial charge in [0.2, 0.25) is 0 Å². The van der Waals surface area contributed by atoms with E-state index in [0.717, 1.165) is 39.6 Å². The lowest BCUT2D eigenvalue weighted by Crippen LogP contribution is -2.04. The number of sulfone groups is 1. The molecule has 130 valence electrons. The van der Waals surface area contributed by atoms with Gasteiger partial charge in [0.15, 0.2) is 9.84 Å². The van der Waals surface area contributed by atoms with Crippen LogP contribution in [-0.2, 0) is 9.84 Å². The Morgan fingerprint density at radius 3 is 2.04 bits per heavy atom. The minimum atomic E-state index is -3.98. The lowest BCUT2D eigenvalue weighted by atomic mass is 9.98. The summed E-state index contributed by atoms with van der Waals surface area (Å²) in [5, 5.41) is 3.69. The van der Waals surface area contributed by atoms with Crippen LogP contribution in [0.15, 0.2) is 50.5 Å². The monoisotopic (exact) mass is 442 g/mol. The molecule has 2 aromatic carbocycles. The molecular weight excluding hydrogens is 430 g/mol. The van der Waals surface area contributed by atoms with Gasteiger partial charge in [0, 0.05) is 21.9 Å². The topological polar surface area (TPSA) is 34.1 Å². The highest BCUT2D eigenvalue weighted by molar-refractivity contribution is 9.10. The van der Waals surface area contributed by atoms with Crippen LogP contribution in [0.2, 0.25) is 0 Å². The highest BCUT2D eigenvalue weighted by Crippen LogP contribution is 2.38. The predicted molar refractivity (Wildman–Crippen MR) is 101 cm³/mol. The maximum atomic E-state index is 14.2. The van der Waals surface area contributed by atoms with Gasteiger partial charge < -0.3 is 0 Å². The Balaban J connectivity index is 2.17. The number of halogens is 3. The summed E-state index contributed by atoms with van der Waals surface area (Å²) < 4.78 is 52.5. The molecule has 0 bridgehead atoms. The molecule has 3 rings (SSSR count). The molecule has 2 nitrogen and oxygen atoms in total. The molecule has 0 amide bonds. The Morgan fingerprint density at radius 2 is 1.52 bits per heavy atom. The molecule has 0 fully saturated rings. The maximum Gasteiger partial charge on any atom is 0.181 e. The Labute approximate surface area is 157 Å². The molecule has 25 heavy (non-hydrogen) atoms. The number of thiophene rings is 1. The van der Waals surface area contributed by atoms with Crippen molar-refractivity contribution >= 4 is 37.1 Å². The lowest BCUT2D eigenvalue weighted by molar-refractivity contribution is 0.522. The van der Waals surface area contributed by atoms with E-state index in [1.165, 1.54) is 11.3 Å². The number of hydrogen-bond acceptors (Lipinski definition) is 3. The summed E-state index contributed by atoms with van der Waals surface area (Å²) in [6, 6.07) is 7.95. The second kappa shape index (κ2) is 6.63. The third kappa shape index (κ3) is 3.54. The van der Waals surface area contributed by atoms with E-state index >= 15 is 0 Å². The van der Waals surface area contributed by atoms with Crippen LogP contribution in [0.3, 0.4) is 0 Å². The molecule has 1 aromatic heterocycles. The fourth-order valence-electron chi connectivity index (χ4n) is 2.63. The summed E-state index contributed by atoms with van der Waals surface area (Å²) in [7, 11) is -3.98. The van der Waals surface area contributed by atoms with E-state index in [9.17, 15) is 17.2 Å². The van der Waals surface area contributed by atoms with Crippen LogP contribution in [0, 0.1) is 18.6 Å². The van der Waals surface area contributed by atoms with Gasteiger partial charge in [0.1, 0.15) is 16.5 Å². The van der Waals surface area contributed by atoms with Crippen LogP contribution in [0.5, 0.6) is 0 Å². The van der Waals surface area contributed by atoms with Crippen molar-refractivity contribution in [3.05, 3.63) is 62.8 Å². The summed E-state index contributed by atoms with van der Waals surface area (Å²) in [6.07, 6.45) is 0.787. The van der Waals surface area contributed by atoms with Crippen molar-refractivity contribution in [1.29, 1.82) is 0 Å². The first-order valence-electron chi connectivity index (χ1n) is 7.20. The standard InChI is InChI=1S/C18H13BrF2O2S2/c1-10-5-11(3-4-15(10)19)13-8-24-9-14(13)12-6-16(20)18(17(21)7-12)25(2,22)23/h3-9H,1-2H3. The largest absolute Gasteiger partial charge is 0.224 e. The summed E-state index contributed by atoms with van der Waals surface area (Å²) >= 11 is 4.86. The van der Waals surface area contributed by atoms with E-state index in [0.29, 0.717) is 11.1 Å². The van der Waals surface area contributed by atoms with Crippen molar-refractivity contribution in [3.8, 4) is 22.3 Å². The second-order valence-corrected chi connectivity index (χ2v) is 9.25. The molecule has 0 spiro atoms. The molecule has 0 aliphatic rings. The van der Waals surface area contributed by atoms with Crippen molar-refractivity contribution < 1.29 is 17.2 Å². The highest BCUT2D eigenvalue weighted by Gasteiger charge is 2.22. The summed E-state index contributed by atoms with van der Waals surface area (Å²) in [5.74, 6) is -2.16. The smallest absolute Gasteiger partial charge is 0.181 e. The van der Waals surface area contributed by atoms with Crippen molar-refractivity contribution in [2.75, 3.05) is 6.26 Å². The summed E-state index contributed by atoms with van der Waals surface area (Å²) in [6.45, 7) is 1.96. The van der Waals surface area contributed by atoms with Crippen molar-refractivity contribution in [2.45, 2.75) is 11.8 Å². The Hall–Kier alpha value is -1.57. The fraction of sp³-hybridized carbons (Fsp3) is 0.111. The van der Waals surface area contributed by atoms with E-state index in [-0.39, 0.29) is 0 Å². The maximum absolute atomic E-state index is 14.2. The van der Waals surface area contributed by atoms with E-state index in [1.807, 2.05) is 30.5 Å². The van der Waals surface area contributed by atoms with Crippen molar-refractivity contribution in [1.82, 2.24) is 0 Å². The number of hydrogen-bond donors (Lipinski definition) is 0. The van der Waals surface area contributed by atoms with Gasteiger partial charge in [-0.25, -0.2) is 17.2 Å². The number of benzene rings is 2. The van der Waals surface area contributed by atoms with Crippen LogP contribution in [-0.4, -0.2) is 14.7 Å². The van der Waals surface area contributed by atoms with Gasteiger partial charge in [0.05, 0.1) is 0 Å². The third-order valence-electron chi connectivity index (χ3n) is 3.81. The van der Waals surface area contributed by atoms with Gasteiger partial charge >= 0.3 is 0 Å². The van der Waals surface area contributed by atoms with Gasteiger partial charge in [-0.2, -0.15) is 11.3 Å². The number of aryl methyl sites for hydroxylation is 1. The molecule has 0 aliphatic carbocycles. The molecule has 0 N–H and O–H groups in total. The predicted octanol–water partition coefficient (Wildman–Crippen LogP) is 5.83. The van der Waals surface area contributed by atoms with E-state index in [4.69, 9.17) is 0 Å². The first-order chi connectivity index (χ1) is 11.7. The van der Waals surface area contributed by atoms with Gasteiger partial charge in [0.25, 0.3) is 0 Å². The highest BCUT2D eigenvalue weighted by atomic mass is 79.9. The summed E-state index contributed by atoms with van der Waals surface area (Å²) in [4.78, 5) is -0.896. The quantitative estimate of drug-likeness (QED) is 0.510. The van der Waals surface area contributed by atoms with Gasteiger partial charge in [-0.15, -0.1) is 0 Å². The average Bonchev–Trinajstić information content (AvgIpc) is 2.97. The van der Waals surface area contributed by atoms with Crippen LogP contribution in [0.25, 0.3) is 22.3 Å². The Kier molecular flexibility index (Phi) is 4.83. The Morgan fingerprint density at radius 1 is 0.960 bits per heavy atom. The van der Waals surface area contributed by atoms with Gasteiger partial charge in [-0.1, -0.05) is 28.1 Å². The molecule has 0 aliphatic heterocycles. The summed E-state index contributed by atoms with van der Waals surface area (Å²) in [5.41, 5.74) is 3.76. The van der Waals surface area contributed by atoms with Crippen molar-refractivity contribution in [3.63, 3.8) is 0 Å². The van der Waals surface area contributed by atoms with Crippen molar-refractivity contribution in [2.24, 2.45) is 0 Å². The molecular formula is C18H13BrF2O2S2. The molecule has 7 heteroatoms. The molecule has 0 saturated carbocycles. The molecule has 0 radical (unpaired) electrons. The molecule has 3 aromatic rings. The molecule has 0 unspecified atom stereocenters.